The molecule has 1 aromatic rings. The normalized spacial score (nSPS) is 20.3. The smallest absolute Gasteiger partial charge is 0.115 e. The molecule has 88 valence electrons. The van der Waals surface area contributed by atoms with Crippen molar-refractivity contribution in [2.45, 2.75) is 50.4 Å². The number of rotatable bonds is 3. The predicted octanol–water partition coefficient (Wildman–Crippen LogP) is 2.42. The molecule has 0 spiro atoms. The van der Waals surface area contributed by atoms with Gasteiger partial charge in [0.05, 0.1) is 0 Å². The van der Waals surface area contributed by atoms with Gasteiger partial charge >= 0.3 is 0 Å². The zero-order valence-electron chi connectivity index (χ0n) is 9.86. The Balaban J connectivity index is 2.26. The molecule has 1 saturated carbocycles. The molecule has 16 heavy (non-hydrogen) atoms. The molecule has 0 saturated heterocycles. The standard InChI is InChI=1S/C13H21N3/c14-8-7-13(5-3-1-2-4-6-13)12-9-15-11-16-10-12/h9-11H,1-8,14H2. The Morgan fingerprint density at radius 2 is 1.69 bits per heavy atom. The molecule has 0 amide bonds. The lowest BCUT2D eigenvalue weighted by Gasteiger charge is -2.32. The summed E-state index contributed by atoms with van der Waals surface area (Å²) in [7, 11) is 0. The van der Waals surface area contributed by atoms with Crippen molar-refractivity contribution in [2.24, 2.45) is 5.73 Å². The van der Waals surface area contributed by atoms with Crippen molar-refractivity contribution >= 4 is 0 Å². The molecule has 0 radical (unpaired) electrons. The van der Waals surface area contributed by atoms with Gasteiger partial charge in [0.1, 0.15) is 6.33 Å². The number of hydrogen-bond donors (Lipinski definition) is 1. The number of nitrogens with zero attached hydrogens (tertiary/aromatic N) is 2. The molecule has 3 heteroatoms. The van der Waals surface area contributed by atoms with Crippen LogP contribution in [0.1, 0.15) is 50.5 Å². The maximum Gasteiger partial charge on any atom is 0.115 e. The first-order valence-corrected chi connectivity index (χ1v) is 6.33. The van der Waals surface area contributed by atoms with E-state index < -0.39 is 0 Å². The van der Waals surface area contributed by atoms with Crippen molar-refractivity contribution in [1.29, 1.82) is 0 Å². The van der Waals surface area contributed by atoms with Crippen LogP contribution < -0.4 is 5.73 Å². The Kier molecular flexibility index (Phi) is 3.88. The molecule has 0 bridgehead atoms. The van der Waals surface area contributed by atoms with Crippen LogP contribution in [-0.2, 0) is 5.41 Å². The summed E-state index contributed by atoms with van der Waals surface area (Å²) in [5, 5.41) is 0. The highest BCUT2D eigenvalue weighted by Gasteiger charge is 2.32. The van der Waals surface area contributed by atoms with E-state index in [1.165, 1.54) is 44.1 Å². The maximum atomic E-state index is 5.79. The third kappa shape index (κ3) is 2.40. The molecule has 2 rings (SSSR count). The van der Waals surface area contributed by atoms with Crippen LogP contribution in [0.3, 0.4) is 0 Å². The van der Waals surface area contributed by atoms with Gasteiger partial charge < -0.3 is 5.73 Å². The summed E-state index contributed by atoms with van der Waals surface area (Å²) in [6.07, 6.45) is 14.5. The lowest BCUT2D eigenvalue weighted by Crippen LogP contribution is -2.29. The summed E-state index contributed by atoms with van der Waals surface area (Å²) in [4.78, 5) is 8.33. The molecule has 0 aromatic carbocycles. The molecule has 0 atom stereocenters. The van der Waals surface area contributed by atoms with E-state index in [9.17, 15) is 0 Å². The first kappa shape index (κ1) is 11.5. The first-order chi connectivity index (χ1) is 7.87. The Hall–Kier alpha value is -0.960. The molecule has 1 fully saturated rings. The van der Waals surface area contributed by atoms with E-state index in [0.717, 1.165) is 13.0 Å². The largest absolute Gasteiger partial charge is 0.330 e. The highest BCUT2D eigenvalue weighted by molar-refractivity contribution is 5.19. The minimum atomic E-state index is 0.256. The minimum Gasteiger partial charge on any atom is -0.330 e. The van der Waals surface area contributed by atoms with E-state index in [2.05, 4.69) is 9.97 Å². The van der Waals surface area contributed by atoms with Crippen molar-refractivity contribution in [3.05, 3.63) is 24.3 Å². The van der Waals surface area contributed by atoms with Gasteiger partial charge in [-0.3, -0.25) is 0 Å². The van der Waals surface area contributed by atoms with Crippen molar-refractivity contribution < 1.29 is 0 Å². The first-order valence-electron chi connectivity index (χ1n) is 6.33. The van der Waals surface area contributed by atoms with Gasteiger partial charge in [-0.05, 0) is 36.8 Å². The van der Waals surface area contributed by atoms with Gasteiger partial charge in [0, 0.05) is 12.4 Å². The summed E-state index contributed by atoms with van der Waals surface area (Å²) in [5.74, 6) is 0. The van der Waals surface area contributed by atoms with Crippen LogP contribution in [0.2, 0.25) is 0 Å². The van der Waals surface area contributed by atoms with Crippen molar-refractivity contribution in [1.82, 2.24) is 9.97 Å². The highest BCUT2D eigenvalue weighted by atomic mass is 14.8. The van der Waals surface area contributed by atoms with Crippen LogP contribution in [0.5, 0.6) is 0 Å². The Morgan fingerprint density at radius 1 is 1.06 bits per heavy atom. The summed E-state index contributed by atoms with van der Waals surface area (Å²) >= 11 is 0. The molecular weight excluding hydrogens is 198 g/mol. The van der Waals surface area contributed by atoms with Gasteiger partial charge in [0.2, 0.25) is 0 Å². The van der Waals surface area contributed by atoms with Gasteiger partial charge in [-0.2, -0.15) is 0 Å². The van der Waals surface area contributed by atoms with Crippen LogP contribution >= 0.6 is 0 Å². The van der Waals surface area contributed by atoms with E-state index in [0.29, 0.717) is 0 Å². The number of hydrogen-bond acceptors (Lipinski definition) is 3. The van der Waals surface area contributed by atoms with Crippen LogP contribution in [0.15, 0.2) is 18.7 Å². The minimum absolute atomic E-state index is 0.256. The monoisotopic (exact) mass is 219 g/mol. The zero-order chi connectivity index (χ0) is 11.3. The lowest BCUT2D eigenvalue weighted by atomic mass is 9.73. The molecule has 1 aromatic heterocycles. The van der Waals surface area contributed by atoms with Crippen molar-refractivity contribution in [3.63, 3.8) is 0 Å². The van der Waals surface area contributed by atoms with Crippen LogP contribution in [0, 0.1) is 0 Å². The average Bonchev–Trinajstić information content (AvgIpc) is 2.57. The second-order valence-electron chi connectivity index (χ2n) is 4.86. The van der Waals surface area contributed by atoms with Crippen LogP contribution in [0.4, 0.5) is 0 Å². The van der Waals surface area contributed by atoms with Gasteiger partial charge in [0.25, 0.3) is 0 Å². The molecule has 2 N–H and O–H groups in total. The second kappa shape index (κ2) is 5.39. The molecular formula is C13H21N3. The Labute approximate surface area is 97.5 Å². The van der Waals surface area contributed by atoms with E-state index in [-0.39, 0.29) is 5.41 Å². The number of nitrogens with two attached hydrogens (primary N) is 1. The highest BCUT2D eigenvalue weighted by Crippen LogP contribution is 2.40. The fraction of sp³-hybridized carbons (Fsp3) is 0.692. The second-order valence-corrected chi connectivity index (χ2v) is 4.86. The zero-order valence-corrected chi connectivity index (χ0v) is 9.86. The third-order valence-electron chi connectivity index (χ3n) is 3.86. The SMILES string of the molecule is NCCC1(c2cncnc2)CCCCCC1. The Bertz CT molecular complexity index is 302. The van der Waals surface area contributed by atoms with E-state index in [1.54, 1.807) is 6.33 Å². The van der Waals surface area contributed by atoms with Crippen LogP contribution in [-0.4, -0.2) is 16.5 Å². The van der Waals surface area contributed by atoms with Crippen molar-refractivity contribution in [3.8, 4) is 0 Å². The third-order valence-corrected chi connectivity index (χ3v) is 3.86. The van der Waals surface area contributed by atoms with E-state index in [1.807, 2.05) is 12.4 Å². The lowest BCUT2D eigenvalue weighted by molar-refractivity contribution is 0.346. The topological polar surface area (TPSA) is 51.8 Å². The molecule has 0 unspecified atom stereocenters. The molecule has 3 nitrogen and oxygen atoms in total. The molecule has 1 heterocycles. The van der Waals surface area contributed by atoms with E-state index >= 15 is 0 Å². The average molecular weight is 219 g/mol. The summed E-state index contributed by atoms with van der Waals surface area (Å²) < 4.78 is 0. The van der Waals surface area contributed by atoms with Gasteiger partial charge in [0.15, 0.2) is 0 Å². The Morgan fingerprint density at radius 3 is 2.25 bits per heavy atom. The fourth-order valence-corrected chi connectivity index (χ4v) is 2.94. The quantitative estimate of drug-likeness (QED) is 0.794. The fourth-order valence-electron chi connectivity index (χ4n) is 2.94. The number of aromatic nitrogens is 2. The summed E-state index contributed by atoms with van der Waals surface area (Å²) in [6, 6.07) is 0. The van der Waals surface area contributed by atoms with E-state index in [4.69, 9.17) is 5.73 Å². The molecule has 1 aliphatic rings. The maximum absolute atomic E-state index is 5.79. The van der Waals surface area contributed by atoms with Crippen molar-refractivity contribution in [2.75, 3.05) is 6.54 Å². The summed E-state index contributed by atoms with van der Waals surface area (Å²) in [6.45, 7) is 0.759. The van der Waals surface area contributed by atoms with Gasteiger partial charge in [-0.1, -0.05) is 25.7 Å². The van der Waals surface area contributed by atoms with Gasteiger partial charge in [-0.25, -0.2) is 9.97 Å². The molecule has 1 aliphatic carbocycles. The van der Waals surface area contributed by atoms with Gasteiger partial charge in [-0.15, -0.1) is 0 Å². The van der Waals surface area contributed by atoms with Crippen LogP contribution in [0.25, 0.3) is 0 Å². The molecule has 0 aliphatic heterocycles. The predicted molar refractivity (Wildman–Crippen MR) is 65.1 cm³/mol. The summed E-state index contributed by atoms with van der Waals surface area (Å²) in [5.41, 5.74) is 7.34.